The van der Waals surface area contributed by atoms with Crippen molar-refractivity contribution in [3.63, 3.8) is 0 Å². The van der Waals surface area contributed by atoms with Crippen LogP contribution in [-0.4, -0.2) is 20.6 Å². The molecule has 0 saturated heterocycles. The van der Waals surface area contributed by atoms with E-state index >= 15 is 0 Å². The third-order valence-electron chi connectivity index (χ3n) is 2.90. The second-order valence-corrected chi connectivity index (χ2v) is 5.59. The maximum atomic E-state index is 10.4. The van der Waals surface area contributed by atoms with Crippen molar-refractivity contribution in [2.75, 3.05) is 0 Å². The van der Waals surface area contributed by atoms with Gasteiger partial charge in [0.25, 0.3) is 0 Å². The summed E-state index contributed by atoms with van der Waals surface area (Å²) in [5.41, 5.74) is 0. The van der Waals surface area contributed by atoms with Gasteiger partial charge in [-0.2, -0.15) is 4.98 Å². The number of nitrogens with zero attached hydrogens (tertiary/aromatic N) is 2. The number of imidazole rings is 1. The lowest BCUT2D eigenvalue weighted by atomic mass is 10.1. The zero-order chi connectivity index (χ0) is 13.7. The van der Waals surface area contributed by atoms with Gasteiger partial charge >= 0.3 is 6.16 Å². The number of rotatable bonds is 7. The summed E-state index contributed by atoms with van der Waals surface area (Å²) in [7, 11) is 0. The molecule has 2 aromatic rings. The van der Waals surface area contributed by atoms with E-state index in [0.717, 1.165) is 11.4 Å². The zero-order valence-electron chi connectivity index (χ0n) is 11.0. The Kier molecular flexibility index (Phi) is 4.79. The van der Waals surface area contributed by atoms with Gasteiger partial charge in [0.2, 0.25) is 5.88 Å². The first-order valence-corrected chi connectivity index (χ1v) is 7.39. The number of hydrogen-bond donors (Lipinski definition) is 1. The molecule has 0 bridgehead atoms. The van der Waals surface area contributed by atoms with Crippen LogP contribution in [0.5, 0.6) is 5.88 Å². The number of ether oxygens (including phenoxy) is 1. The highest BCUT2D eigenvalue weighted by Gasteiger charge is 2.09. The second-order valence-electron chi connectivity index (χ2n) is 4.50. The van der Waals surface area contributed by atoms with Gasteiger partial charge in [-0.05, 0) is 12.8 Å². The highest BCUT2D eigenvalue weighted by molar-refractivity contribution is 7.17. The Morgan fingerprint density at radius 2 is 2.16 bits per heavy atom. The summed E-state index contributed by atoms with van der Waals surface area (Å²) in [6, 6.07) is 0. The minimum absolute atomic E-state index is 0.133. The minimum atomic E-state index is -1.33. The summed E-state index contributed by atoms with van der Waals surface area (Å²) in [5, 5.41) is 8.50. The Labute approximate surface area is 115 Å². The fourth-order valence-corrected chi connectivity index (χ4v) is 2.97. The smallest absolute Gasteiger partial charge is 0.449 e. The average Bonchev–Trinajstić information content (AvgIpc) is 2.85. The van der Waals surface area contributed by atoms with Crippen LogP contribution >= 0.6 is 11.3 Å². The molecular weight excluding hydrogens is 264 g/mol. The van der Waals surface area contributed by atoms with Crippen LogP contribution in [-0.2, 0) is 6.42 Å². The molecule has 0 atom stereocenters. The van der Waals surface area contributed by atoms with Crippen molar-refractivity contribution in [3.8, 4) is 5.88 Å². The number of aryl methyl sites for hydroxylation is 1. The van der Waals surface area contributed by atoms with Gasteiger partial charge in [0, 0.05) is 11.1 Å². The molecule has 0 aliphatic heterocycles. The van der Waals surface area contributed by atoms with Gasteiger partial charge in [0.05, 0.1) is 6.20 Å². The quantitative estimate of drug-likeness (QED) is 0.616. The first kappa shape index (κ1) is 13.9. The van der Waals surface area contributed by atoms with E-state index in [0.29, 0.717) is 0 Å². The van der Waals surface area contributed by atoms with E-state index in [-0.39, 0.29) is 5.88 Å². The van der Waals surface area contributed by atoms with Crippen molar-refractivity contribution in [3.05, 3.63) is 17.3 Å². The Hall–Kier alpha value is -1.56. The second kappa shape index (κ2) is 6.56. The van der Waals surface area contributed by atoms with E-state index in [1.54, 1.807) is 17.5 Å². The van der Waals surface area contributed by atoms with Crippen molar-refractivity contribution >= 4 is 22.5 Å². The first-order chi connectivity index (χ1) is 9.19. The largest absolute Gasteiger partial charge is 0.512 e. The van der Waals surface area contributed by atoms with Crippen molar-refractivity contribution in [1.29, 1.82) is 0 Å². The van der Waals surface area contributed by atoms with E-state index in [1.807, 2.05) is 10.6 Å². The predicted octanol–water partition coefficient (Wildman–Crippen LogP) is 3.97. The van der Waals surface area contributed by atoms with E-state index in [4.69, 9.17) is 5.11 Å². The molecule has 104 valence electrons. The SMILES string of the molecule is CCCCCCCc1cn2cc(OC(=O)O)nc2s1. The van der Waals surface area contributed by atoms with Gasteiger partial charge in [-0.3, -0.25) is 4.40 Å². The number of carbonyl (C=O) groups is 1. The van der Waals surface area contributed by atoms with Crippen molar-refractivity contribution in [1.82, 2.24) is 9.38 Å². The minimum Gasteiger partial charge on any atom is -0.449 e. The number of thiazole rings is 1. The predicted molar refractivity (Wildman–Crippen MR) is 74.2 cm³/mol. The van der Waals surface area contributed by atoms with Crippen LogP contribution in [0, 0.1) is 0 Å². The summed E-state index contributed by atoms with van der Waals surface area (Å²) in [6.45, 7) is 2.21. The monoisotopic (exact) mass is 282 g/mol. The van der Waals surface area contributed by atoms with Crippen LogP contribution in [0.1, 0.15) is 43.9 Å². The van der Waals surface area contributed by atoms with Gasteiger partial charge in [0.15, 0.2) is 4.96 Å². The number of unbranched alkanes of at least 4 members (excludes halogenated alkanes) is 4. The summed E-state index contributed by atoms with van der Waals surface area (Å²) >= 11 is 1.59. The number of carboxylic acid groups (broad SMARTS) is 1. The van der Waals surface area contributed by atoms with E-state index in [9.17, 15) is 4.79 Å². The van der Waals surface area contributed by atoms with Crippen LogP contribution in [0.2, 0.25) is 0 Å². The topological polar surface area (TPSA) is 63.8 Å². The molecule has 0 spiro atoms. The summed E-state index contributed by atoms with van der Waals surface area (Å²) in [6.07, 6.45) is 9.67. The summed E-state index contributed by atoms with van der Waals surface area (Å²) < 4.78 is 6.34. The van der Waals surface area contributed by atoms with Gasteiger partial charge < -0.3 is 9.84 Å². The molecule has 2 aromatic heterocycles. The molecular formula is C13H18N2O3S. The van der Waals surface area contributed by atoms with E-state index in [2.05, 4.69) is 16.6 Å². The molecule has 0 aliphatic rings. The van der Waals surface area contributed by atoms with Crippen LogP contribution < -0.4 is 4.74 Å². The molecule has 2 heterocycles. The lowest BCUT2D eigenvalue weighted by Gasteiger charge is -1.97. The molecule has 0 unspecified atom stereocenters. The third kappa shape index (κ3) is 3.96. The summed E-state index contributed by atoms with van der Waals surface area (Å²) in [4.78, 5) is 16.6. The van der Waals surface area contributed by atoms with E-state index < -0.39 is 6.16 Å². The molecule has 6 heteroatoms. The van der Waals surface area contributed by atoms with Gasteiger partial charge in [-0.15, -0.1) is 11.3 Å². The highest BCUT2D eigenvalue weighted by atomic mass is 32.1. The van der Waals surface area contributed by atoms with E-state index in [1.165, 1.54) is 37.0 Å². The molecule has 0 saturated carbocycles. The van der Waals surface area contributed by atoms with Gasteiger partial charge in [-0.1, -0.05) is 32.6 Å². The fraction of sp³-hybridized carbons (Fsp3) is 0.538. The Balaban J connectivity index is 1.88. The van der Waals surface area contributed by atoms with Crippen LogP contribution in [0.15, 0.2) is 12.4 Å². The molecule has 0 aromatic carbocycles. The van der Waals surface area contributed by atoms with Crippen molar-refractivity contribution in [2.24, 2.45) is 0 Å². The van der Waals surface area contributed by atoms with Crippen LogP contribution in [0.25, 0.3) is 4.96 Å². The molecule has 0 amide bonds. The standard InChI is InChI=1S/C13H18N2O3S/c1-2-3-4-5-6-7-10-8-15-9-11(18-13(16)17)14-12(15)19-10/h8-9H,2-7H2,1H3,(H,16,17). The fourth-order valence-electron chi connectivity index (χ4n) is 1.98. The number of hydrogen-bond acceptors (Lipinski definition) is 4. The molecule has 0 fully saturated rings. The first-order valence-electron chi connectivity index (χ1n) is 6.57. The molecule has 1 N–H and O–H groups in total. The van der Waals surface area contributed by atoms with Gasteiger partial charge in [-0.25, -0.2) is 4.79 Å². The molecule has 0 radical (unpaired) electrons. The van der Waals surface area contributed by atoms with Crippen LogP contribution in [0.3, 0.4) is 0 Å². The van der Waals surface area contributed by atoms with Gasteiger partial charge in [0.1, 0.15) is 0 Å². The maximum Gasteiger partial charge on any atom is 0.512 e. The molecule has 0 aliphatic carbocycles. The van der Waals surface area contributed by atoms with Crippen LogP contribution in [0.4, 0.5) is 4.79 Å². The maximum absolute atomic E-state index is 10.4. The normalized spacial score (nSPS) is 11.0. The molecule has 5 nitrogen and oxygen atoms in total. The van der Waals surface area contributed by atoms with Crippen molar-refractivity contribution < 1.29 is 14.6 Å². The number of aromatic nitrogens is 2. The lowest BCUT2D eigenvalue weighted by molar-refractivity contribution is 0.143. The molecule has 2 rings (SSSR count). The number of fused-ring (bicyclic) bond motifs is 1. The lowest BCUT2D eigenvalue weighted by Crippen LogP contribution is -2.02. The molecule has 19 heavy (non-hydrogen) atoms. The highest BCUT2D eigenvalue weighted by Crippen LogP contribution is 2.22. The zero-order valence-corrected chi connectivity index (χ0v) is 11.8. The summed E-state index contributed by atoms with van der Waals surface area (Å²) in [5.74, 6) is 0.133. The Morgan fingerprint density at radius 1 is 1.37 bits per heavy atom. The Bertz CT molecular complexity index is 516. The average molecular weight is 282 g/mol. The van der Waals surface area contributed by atoms with Crippen molar-refractivity contribution in [2.45, 2.75) is 45.4 Å². The Morgan fingerprint density at radius 3 is 2.84 bits per heavy atom. The third-order valence-corrected chi connectivity index (χ3v) is 3.96.